The number of ether oxygens (including phenoxy) is 2. The lowest BCUT2D eigenvalue weighted by atomic mass is 10.1. The normalized spacial score (nSPS) is 11.5. The number of amides is 1. The summed E-state index contributed by atoms with van der Waals surface area (Å²) < 4.78 is 9.80. The number of benzene rings is 1. The maximum absolute atomic E-state index is 12.2. The molecule has 0 saturated carbocycles. The first-order chi connectivity index (χ1) is 12.6. The Bertz CT molecular complexity index is 704. The first kappa shape index (κ1) is 19.4. The Balaban J connectivity index is 1.87. The highest BCUT2D eigenvalue weighted by atomic mass is 16.5. The van der Waals surface area contributed by atoms with E-state index < -0.39 is 12.0 Å². The molecule has 0 saturated heterocycles. The molecule has 1 atom stereocenters. The molecule has 1 amide bonds. The molecular formula is C19H23N3O4. The standard InChI is InChI=1S/C19H23N3O4/c1-25-15-8-9-17(21-13-15)22-18(23)12-16(19(24)26-2)20-11-10-14-6-4-3-5-7-14/h3-9,13,16,20H,10-12H2,1-2H3,(H,21,22,23). The molecule has 0 aliphatic rings. The minimum atomic E-state index is -0.720. The van der Waals surface area contributed by atoms with E-state index in [-0.39, 0.29) is 12.3 Å². The minimum absolute atomic E-state index is 0.0465. The molecule has 0 aliphatic heterocycles. The number of pyridine rings is 1. The van der Waals surface area contributed by atoms with E-state index in [1.807, 2.05) is 30.3 Å². The van der Waals surface area contributed by atoms with E-state index >= 15 is 0 Å². The number of carbonyl (C=O) groups excluding carboxylic acids is 2. The molecule has 26 heavy (non-hydrogen) atoms. The number of anilines is 1. The van der Waals surface area contributed by atoms with Gasteiger partial charge < -0.3 is 20.1 Å². The van der Waals surface area contributed by atoms with Crippen molar-refractivity contribution in [1.29, 1.82) is 0 Å². The van der Waals surface area contributed by atoms with Crippen LogP contribution in [0, 0.1) is 0 Å². The summed E-state index contributed by atoms with van der Waals surface area (Å²) in [7, 11) is 2.84. The predicted octanol–water partition coefficient (Wildman–Crippen LogP) is 1.79. The molecule has 0 spiro atoms. The lowest BCUT2D eigenvalue weighted by Crippen LogP contribution is -2.41. The molecule has 138 valence electrons. The van der Waals surface area contributed by atoms with Crippen LogP contribution >= 0.6 is 0 Å². The fourth-order valence-electron chi connectivity index (χ4n) is 2.37. The number of hydrogen-bond donors (Lipinski definition) is 2. The molecule has 7 heteroatoms. The Morgan fingerprint density at radius 3 is 2.50 bits per heavy atom. The van der Waals surface area contributed by atoms with Crippen molar-refractivity contribution >= 4 is 17.7 Å². The van der Waals surface area contributed by atoms with Crippen molar-refractivity contribution in [2.45, 2.75) is 18.9 Å². The number of rotatable bonds is 9. The number of aromatic nitrogens is 1. The van der Waals surface area contributed by atoms with Crippen molar-refractivity contribution in [3.63, 3.8) is 0 Å². The van der Waals surface area contributed by atoms with Crippen molar-refractivity contribution < 1.29 is 19.1 Å². The van der Waals surface area contributed by atoms with Crippen LogP contribution in [0.5, 0.6) is 5.75 Å². The minimum Gasteiger partial charge on any atom is -0.495 e. The lowest BCUT2D eigenvalue weighted by molar-refractivity contribution is -0.144. The molecule has 0 radical (unpaired) electrons. The lowest BCUT2D eigenvalue weighted by Gasteiger charge is -2.16. The molecule has 2 N–H and O–H groups in total. The summed E-state index contributed by atoms with van der Waals surface area (Å²) >= 11 is 0. The van der Waals surface area contributed by atoms with Crippen LogP contribution in [0.2, 0.25) is 0 Å². The van der Waals surface area contributed by atoms with Gasteiger partial charge in [0, 0.05) is 0 Å². The van der Waals surface area contributed by atoms with Gasteiger partial charge in [0.15, 0.2) is 0 Å². The number of hydrogen-bond acceptors (Lipinski definition) is 6. The van der Waals surface area contributed by atoms with Crippen LogP contribution in [0.3, 0.4) is 0 Å². The summed E-state index contributed by atoms with van der Waals surface area (Å²) in [6.45, 7) is 0.553. The van der Waals surface area contributed by atoms with Crippen LogP contribution in [-0.2, 0) is 20.7 Å². The molecule has 1 aromatic carbocycles. The zero-order valence-electron chi connectivity index (χ0n) is 14.9. The van der Waals surface area contributed by atoms with Crippen molar-refractivity contribution in [3.05, 3.63) is 54.2 Å². The highest BCUT2D eigenvalue weighted by Crippen LogP contribution is 2.11. The Hall–Kier alpha value is -2.93. The third-order valence-electron chi connectivity index (χ3n) is 3.76. The van der Waals surface area contributed by atoms with E-state index in [4.69, 9.17) is 9.47 Å². The predicted molar refractivity (Wildman–Crippen MR) is 98.0 cm³/mol. The molecule has 1 heterocycles. The molecule has 2 rings (SSSR count). The van der Waals surface area contributed by atoms with Gasteiger partial charge in [0.1, 0.15) is 17.6 Å². The second kappa shape index (κ2) is 10.1. The van der Waals surface area contributed by atoms with E-state index in [9.17, 15) is 9.59 Å². The van der Waals surface area contributed by atoms with E-state index in [2.05, 4.69) is 15.6 Å². The van der Waals surface area contributed by atoms with Gasteiger partial charge in [-0.25, -0.2) is 4.98 Å². The summed E-state index contributed by atoms with van der Waals surface area (Å²) in [5.74, 6) is 0.183. The van der Waals surface area contributed by atoms with Gasteiger partial charge in [-0.1, -0.05) is 30.3 Å². The SMILES string of the molecule is COC(=O)C(CC(=O)Nc1ccc(OC)cn1)NCCc1ccccc1. The number of nitrogens with one attached hydrogen (secondary N) is 2. The molecule has 0 bridgehead atoms. The quantitative estimate of drug-likeness (QED) is 0.665. The number of carbonyl (C=O) groups is 2. The van der Waals surface area contributed by atoms with Gasteiger partial charge >= 0.3 is 5.97 Å². The maximum atomic E-state index is 12.2. The zero-order chi connectivity index (χ0) is 18.8. The summed E-state index contributed by atoms with van der Waals surface area (Å²) in [5, 5.41) is 5.74. The monoisotopic (exact) mass is 357 g/mol. The molecule has 2 aromatic rings. The zero-order valence-corrected chi connectivity index (χ0v) is 14.9. The smallest absolute Gasteiger partial charge is 0.323 e. The number of nitrogens with zero attached hydrogens (tertiary/aromatic N) is 1. The van der Waals surface area contributed by atoms with Crippen molar-refractivity contribution in [1.82, 2.24) is 10.3 Å². The third-order valence-corrected chi connectivity index (χ3v) is 3.76. The Morgan fingerprint density at radius 2 is 1.88 bits per heavy atom. The fraction of sp³-hybridized carbons (Fsp3) is 0.316. The van der Waals surface area contributed by atoms with Crippen molar-refractivity contribution in [2.75, 3.05) is 26.1 Å². The van der Waals surface area contributed by atoms with Gasteiger partial charge in [0.2, 0.25) is 5.91 Å². The summed E-state index contributed by atoms with van der Waals surface area (Å²) in [5.41, 5.74) is 1.15. The van der Waals surface area contributed by atoms with Crippen LogP contribution in [0.25, 0.3) is 0 Å². The van der Waals surface area contributed by atoms with Crippen LogP contribution < -0.4 is 15.4 Å². The number of methoxy groups -OCH3 is 2. The first-order valence-electron chi connectivity index (χ1n) is 8.27. The topological polar surface area (TPSA) is 89.6 Å². The second-order valence-electron chi connectivity index (χ2n) is 5.60. The van der Waals surface area contributed by atoms with E-state index in [1.165, 1.54) is 20.4 Å². The molecule has 1 unspecified atom stereocenters. The highest BCUT2D eigenvalue weighted by molar-refractivity contribution is 5.93. The summed E-state index contributed by atoms with van der Waals surface area (Å²) in [6, 6.07) is 12.5. The summed E-state index contributed by atoms with van der Waals surface area (Å²) in [6.07, 6.45) is 2.21. The van der Waals surface area contributed by atoms with Gasteiger partial charge in [0.05, 0.1) is 26.8 Å². The molecule has 0 aliphatic carbocycles. The maximum Gasteiger partial charge on any atom is 0.323 e. The largest absolute Gasteiger partial charge is 0.495 e. The van der Waals surface area contributed by atoms with E-state index in [1.54, 1.807) is 12.1 Å². The molecule has 0 fully saturated rings. The first-order valence-corrected chi connectivity index (χ1v) is 8.27. The molecular weight excluding hydrogens is 334 g/mol. The van der Waals surface area contributed by atoms with Crippen LogP contribution in [-0.4, -0.2) is 43.7 Å². The average Bonchev–Trinajstić information content (AvgIpc) is 2.68. The van der Waals surface area contributed by atoms with Gasteiger partial charge in [-0.3, -0.25) is 9.59 Å². The Morgan fingerprint density at radius 1 is 1.12 bits per heavy atom. The highest BCUT2D eigenvalue weighted by Gasteiger charge is 2.22. The fourth-order valence-corrected chi connectivity index (χ4v) is 2.37. The van der Waals surface area contributed by atoms with Gasteiger partial charge in [0.25, 0.3) is 0 Å². The average molecular weight is 357 g/mol. The Kier molecular flexibility index (Phi) is 7.57. The van der Waals surface area contributed by atoms with Crippen LogP contribution in [0.1, 0.15) is 12.0 Å². The second-order valence-corrected chi connectivity index (χ2v) is 5.60. The molecule has 7 nitrogen and oxygen atoms in total. The van der Waals surface area contributed by atoms with Gasteiger partial charge in [-0.15, -0.1) is 0 Å². The Labute approximate surface area is 152 Å². The van der Waals surface area contributed by atoms with Crippen LogP contribution in [0.15, 0.2) is 48.7 Å². The van der Waals surface area contributed by atoms with Crippen LogP contribution in [0.4, 0.5) is 5.82 Å². The van der Waals surface area contributed by atoms with Gasteiger partial charge in [-0.2, -0.15) is 0 Å². The van der Waals surface area contributed by atoms with E-state index in [0.29, 0.717) is 18.1 Å². The number of esters is 1. The molecule has 1 aromatic heterocycles. The van der Waals surface area contributed by atoms with Crippen molar-refractivity contribution in [3.8, 4) is 5.75 Å². The van der Waals surface area contributed by atoms with Gasteiger partial charge in [-0.05, 0) is 30.7 Å². The summed E-state index contributed by atoms with van der Waals surface area (Å²) in [4.78, 5) is 28.2. The van der Waals surface area contributed by atoms with Crippen molar-refractivity contribution in [2.24, 2.45) is 0 Å². The van der Waals surface area contributed by atoms with E-state index in [0.717, 1.165) is 12.0 Å². The third kappa shape index (κ3) is 6.18.